The van der Waals surface area contributed by atoms with E-state index in [1.807, 2.05) is 0 Å². The molecule has 132 valence electrons. The standard InChI is InChI=1S/C16H23N3O4S/c1-4-16(5-2,15(17)21)18-14(20)12-6-7-13-11(10-12)8-9-19(13)24(3,22)23/h6-7,10H,4-5,8-9H2,1-3H3,(H2,17,21)(H,18,20). The highest BCUT2D eigenvalue weighted by Crippen LogP contribution is 2.31. The van der Waals surface area contributed by atoms with Crippen LogP contribution in [0.25, 0.3) is 0 Å². The molecule has 2 rings (SSSR count). The molecule has 0 radical (unpaired) electrons. The number of primary amides is 1. The summed E-state index contributed by atoms with van der Waals surface area (Å²) >= 11 is 0. The van der Waals surface area contributed by atoms with Gasteiger partial charge in [-0.3, -0.25) is 13.9 Å². The fourth-order valence-corrected chi connectivity index (χ4v) is 3.94. The Bertz CT molecular complexity index is 770. The van der Waals surface area contributed by atoms with Gasteiger partial charge in [0.05, 0.1) is 11.9 Å². The first kappa shape index (κ1) is 18.3. The summed E-state index contributed by atoms with van der Waals surface area (Å²) in [7, 11) is -3.33. The number of anilines is 1. The first-order valence-corrected chi connectivity index (χ1v) is 9.72. The van der Waals surface area contributed by atoms with Gasteiger partial charge in [-0.15, -0.1) is 0 Å². The van der Waals surface area contributed by atoms with Crippen molar-refractivity contribution in [3.05, 3.63) is 29.3 Å². The van der Waals surface area contributed by atoms with Gasteiger partial charge in [-0.25, -0.2) is 8.42 Å². The largest absolute Gasteiger partial charge is 0.368 e. The number of carbonyl (C=O) groups excluding carboxylic acids is 2. The van der Waals surface area contributed by atoms with Crippen LogP contribution in [0.5, 0.6) is 0 Å². The van der Waals surface area contributed by atoms with Crippen molar-refractivity contribution in [3.8, 4) is 0 Å². The lowest BCUT2D eigenvalue weighted by atomic mass is 9.91. The van der Waals surface area contributed by atoms with Crippen LogP contribution in [0.2, 0.25) is 0 Å². The van der Waals surface area contributed by atoms with Gasteiger partial charge in [0.25, 0.3) is 5.91 Å². The van der Waals surface area contributed by atoms with E-state index in [9.17, 15) is 18.0 Å². The molecule has 7 nitrogen and oxygen atoms in total. The first-order chi connectivity index (χ1) is 11.1. The lowest BCUT2D eigenvalue weighted by Gasteiger charge is -2.29. The van der Waals surface area contributed by atoms with Crippen LogP contribution in [0.15, 0.2) is 18.2 Å². The van der Waals surface area contributed by atoms with Crippen LogP contribution in [-0.2, 0) is 21.2 Å². The Hall–Kier alpha value is -2.09. The lowest BCUT2D eigenvalue weighted by molar-refractivity contribution is -0.124. The summed E-state index contributed by atoms with van der Waals surface area (Å²) in [6, 6.07) is 4.86. The Morgan fingerprint density at radius 1 is 1.29 bits per heavy atom. The minimum Gasteiger partial charge on any atom is -0.368 e. The van der Waals surface area contributed by atoms with Crippen molar-refractivity contribution >= 4 is 27.5 Å². The molecule has 24 heavy (non-hydrogen) atoms. The third-order valence-electron chi connectivity index (χ3n) is 4.63. The van der Waals surface area contributed by atoms with E-state index in [0.29, 0.717) is 37.1 Å². The summed E-state index contributed by atoms with van der Waals surface area (Å²) in [5, 5.41) is 2.73. The van der Waals surface area contributed by atoms with Crippen molar-refractivity contribution in [1.82, 2.24) is 5.32 Å². The van der Waals surface area contributed by atoms with E-state index in [0.717, 1.165) is 11.8 Å². The Morgan fingerprint density at radius 3 is 2.42 bits per heavy atom. The maximum absolute atomic E-state index is 12.5. The van der Waals surface area contributed by atoms with Gasteiger partial charge in [0.2, 0.25) is 15.9 Å². The Balaban J connectivity index is 2.29. The molecule has 1 aliphatic heterocycles. The van der Waals surface area contributed by atoms with E-state index >= 15 is 0 Å². The van der Waals surface area contributed by atoms with Crippen molar-refractivity contribution in [2.75, 3.05) is 17.1 Å². The molecule has 0 atom stereocenters. The number of hydrogen-bond donors (Lipinski definition) is 2. The monoisotopic (exact) mass is 353 g/mol. The zero-order chi connectivity index (χ0) is 18.1. The van der Waals surface area contributed by atoms with Crippen LogP contribution in [0, 0.1) is 0 Å². The fraction of sp³-hybridized carbons (Fsp3) is 0.500. The predicted octanol–water partition coefficient (Wildman–Crippen LogP) is 0.783. The normalized spacial score (nSPS) is 14.4. The van der Waals surface area contributed by atoms with Gasteiger partial charge in [0.1, 0.15) is 5.54 Å². The number of nitrogens with one attached hydrogen (secondary N) is 1. The molecule has 3 N–H and O–H groups in total. The molecular weight excluding hydrogens is 330 g/mol. The Labute approximate surface area is 142 Å². The highest BCUT2D eigenvalue weighted by Gasteiger charge is 2.35. The van der Waals surface area contributed by atoms with E-state index in [-0.39, 0.29) is 0 Å². The second-order valence-corrected chi connectivity index (χ2v) is 7.94. The van der Waals surface area contributed by atoms with Gasteiger partial charge in [0, 0.05) is 12.1 Å². The van der Waals surface area contributed by atoms with Crippen LogP contribution >= 0.6 is 0 Å². The van der Waals surface area contributed by atoms with Crippen LogP contribution in [0.4, 0.5) is 5.69 Å². The topological polar surface area (TPSA) is 110 Å². The average molecular weight is 353 g/mol. The Kier molecular flexibility index (Phi) is 4.89. The van der Waals surface area contributed by atoms with E-state index < -0.39 is 27.4 Å². The van der Waals surface area contributed by atoms with E-state index in [2.05, 4.69) is 5.32 Å². The average Bonchev–Trinajstić information content (AvgIpc) is 2.95. The number of rotatable bonds is 6. The summed E-state index contributed by atoms with van der Waals surface area (Å²) in [5.74, 6) is -0.955. The van der Waals surface area contributed by atoms with Gasteiger partial charge < -0.3 is 11.1 Å². The van der Waals surface area contributed by atoms with E-state index in [1.54, 1.807) is 32.0 Å². The van der Waals surface area contributed by atoms with Gasteiger partial charge >= 0.3 is 0 Å². The van der Waals surface area contributed by atoms with Gasteiger partial charge in [-0.2, -0.15) is 0 Å². The zero-order valence-electron chi connectivity index (χ0n) is 14.1. The lowest BCUT2D eigenvalue weighted by Crippen LogP contribution is -2.56. The second kappa shape index (κ2) is 6.43. The SMILES string of the molecule is CCC(CC)(NC(=O)c1ccc2c(c1)CCN2S(C)(=O)=O)C(N)=O. The van der Waals surface area contributed by atoms with Crippen molar-refractivity contribution in [3.63, 3.8) is 0 Å². The summed E-state index contributed by atoms with van der Waals surface area (Å²) < 4.78 is 24.8. The molecule has 2 amide bonds. The molecule has 0 unspecified atom stereocenters. The highest BCUT2D eigenvalue weighted by atomic mass is 32.2. The molecule has 0 fully saturated rings. The number of amides is 2. The molecule has 1 aromatic carbocycles. The van der Waals surface area contributed by atoms with Crippen LogP contribution in [0.1, 0.15) is 42.6 Å². The van der Waals surface area contributed by atoms with E-state index in [1.165, 1.54) is 4.31 Å². The number of sulfonamides is 1. The number of benzene rings is 1. The minimum atomic E-state index is -3.33. The van der Waals surface area contributed by atoms with Crippen LogP contribution in [-0.4, -0.2) is 38.6 Å². The maximum atomic E-state index is 12.5. The van der Waals surface area contributed by atoms with Crippen molar-refractivity contribution < 1.29 is 18.0 Å². The number of nitrogens with zero attached hydrogens (tertiary/aromatic N) is 1. The molecule has 0 aromatic heterocycles. The zero-order valence-corrected chi connectivity index (χ0v) is 14.9. The molecule has 0 bridgehead atoms. The third-order valence-corrected chi connectivity index (χ3v) is 5.81. The summed E-state index contributed by atoms with van der Waals surface area (Å²) in [4.78, 5) is 24.2. The van der Waals surface area contributed by atoms with Gasteiger partial charge in [0.15, 0.2) is 0 Å². The smallest absolute Gasteiger partial charge is 0.252 e. The van der Waals surface area contributed by atoms with Crippen molar-refractivity contribution in [1.29, 1.82) is 0 Å². The summed E-state index contributed by atoms with van der Waals surface area (Å²) in [5.41, 5.74) is 6.15. The van der Waals surface area contributed by atoms with Crippen LogP contribution < -0.4 is 15.4 Å². The number of nitrogens with two attached hydrogens (primary N) is 1. The molecule has 0 saturated carbocycles. The number of fused-ring (bicyclic) bond motifs is 1. The number of hydrogen-bond acceptors (Lipinski definition) is 4. The van der Waals surface area contributed by atoms with Gasteiger partial charge in [-0.1, -0.05) is 13.8 Å². The molecule has 1 aromatic rings. The van der Waals surface area contributed by atoms with Crippen molar-refractivity contribution in [2.24, 2.45) is 5.73 Å². The Morgan fingerprint density at radius 2 is 1.92 bits per heavy atom. The fourth-order valence-electron chi connectivity index (χ4n) is 2.98. The summed E-state index contributed by atoms with van der Waals surface area (Å²) in [6.45, 7) is 3.96. The predicted molar refractivity (Wildman–Crippen MR) is 92.3 cm³/mol. The molecule has 0 aliphatic carbocycles. The molecule has 1 aliphatic rings. The second-order valence-electron chi connectivity index (χ2n) is 6.04. The summed E-state index contributed by atoms with van der Waals surface area (Å²) in [6.07, 6.45) is 2.51. The minimum absolute atomic E-state index is 0.369. The number of carbonyl (C=O) groups is 2. The molecular formula is C16H23N3O4S. The third kappa shape index (κ3) is 3.24. The molecule has 0 spiro atoms. The van der Waals surface area contributed by atoms with E-state index in [4.69, 9.17) is 5.73 Å². The molecule has 0 saturated heterocycles. The maximum Gasteiger partial charge on any atom is 0.252 e. The molecule has 8 heteroatoms. The highest BCUT2D eigenvalue weighted by molar-refractivity contribution is 7.92. The first-order valence-electron chi connectivity index (χ1n) is 7.87. The van der Waals surface area contributed by atoms with Gasteiger partial charge in [-0.05, 0) is 43.0 Å². The quantitative estimate of drug-likeness (QED) is 0.787. The van der Waals surface area contributed by atoms with Crippen LogP contribution in [0.3, 0.4) is 0 Å². The van der Waals surface area contributed by atoms with Crippen molar-refractivity contribution in [2.45, 2.75) is 38.6 Å². The molecule has 1 heterocycles.